The molecule has 4 rings (SSSR count). The molecule has 1 aliphatic rings. The Balaban J connectivity index is 1.74. The van der Waals surface area contributed by atoms with Crippen molar-refractivity contribution in [1.29, 1.82) is 0 Å². The van der Waals surface area contributed by atoms with Crippen LogP contribution in [-0.4, -0.2) is 50.5 Å². The molecule has 168 valence electrons. The molecule has 0 saturated heterocycles. The predicted molar refractivity (Wildman–Crippen MR) is 121 cm³/mol. The summed E-state index contributed by atoms with van der Waals surface area (Å²) in [5, 5.41) is 3.00. The van der Waals surface area contributed by atoms with E-state index in [1.807, 2.05) is 53.6 Å². The van der Waals surface area contributed by atoms with Crippen molar-refractivity contribution in [3.05, 3.63) is 66.0 Å². The minimum absolute atomic E-state index is 0.204. The summed E-state index contributed by atoms with van der Waals surface area (Å²) in [6.45, 7) is 1.24. The Bertz CT molecular complexity index is 1090. The third-order valence-electron chi connectivity index (χ3n) is 5.62. The fourth-order valence-corrected chi connectivity index (χ4v) is 4.11. The number of hydrogen-bond acceptors (Lipinski definition) is 5. The highest BCUT2D eigenvalue weighted by atomic mass is 16.5. The highest BCUT2D eigenvalue weighted by Crippen LogP contribution is 2.43. The van der Waals surface area contributed by atoms with Crippen molar-refractivity contribution in [3.8, 4) is 23.0 Å². The number of nitrogens with one attached hydrogen (secondary N) is 1. The molecule has 32 heavy (non-hydrogen) atoms. The van der Waals surface area contributed by atoms with Gasteiger partial charge in [0.2, 0.25) is 5.75 Å². The van der Waals surface area contributed by atoms with Crippen LogP contribution in [0.25, 0.3) is 0 Å². The van der Waals surface area contributed by atoms with Gasteiger partial charge in [0.05, 0.1) is 34.5 Å². The van der Waals surface area contributed by atoms with Crippen LogP contribution in [0.15, 0.2) is 54.7 Å². The first-order valence-electron chi connectivity index (χ1n) is 10.3. The van der Waals surface area contributed by atoms with Gasteiger partial charge >= 0.3 is 6.03 Å². The highest BCUT2D eigenvalue weighted by Gasteiger charge is 2.33. The quantitative estimate of drug-likeness (QED) is 0.627. The Morgan fingerprint density at radius 1 is 0.906 bits per heavy atom. The van der Waals surface area contributed by atoms with E-state index in [1.54, 1.807) is 34.5 Å². The fraction of sp³-hybridized carbons (Fsp3) is 0.292. The maximum Gasteiger partial charge on any atom is 0.322 e. The molecule has 3 aromatic rings. The number of carbonyl (C=O) groups excluding carboxylic acids is 1. The second-order valence-corrected chi connectivity index (χ2v) is 7.34. The molecule has 2 amide bonds. The standard InChI is InChI=1S/C24H27N3O5/c1-29-18-8-5-7-17(15-18)25-24(28)27-12-11-26-10-6-9-19(26)22(27)16-13-20(30-2)23(32-4)21(14-16)31-3/h5-10,13-15,22H,11-12H2,1-4H3,(H,25,28). The number of carbonyl (C=O) groups is 1. The maximum absolute atomic E-state index is 13.4. The Morgan fingerprint density at radius 3 is 2.31 bits per heavy atom. The van der Waals surface area contributed by atoms with E-state index in [1.165, 1.54) is 0 Å². The van der Waals surface area contributed by atoms with E-state index in [0.717, 1.165) is 11.3 Å². The summed E-state index contributed by atoms with van der Waals surface area (Å²) in [6, 6.07) is 14.6. The summed E-state index contributed by atoms with van der Waals surface area (Å²) >= 11 is 0. The summed E-state index contributed by atoms with van der Waals surface area (Å²) in [7, 11) is 6.33. The largest absolute Gasteiger partial charge is 0.497 e. The van der Waals surface area contributed by atoms with Crippen LogP contribution < -0.4 is 24.3 Å². The molecule has 2 heterocycles. The monoisotopic (exact) mass is 437 g/mol. The predicted octanol–water partition coefficient (Wildman–Crippen LogP) is 4.16. The zero-order valence-corrected chi connectivity index (χ0v) is 18.6. The molecule has 1 aromatic heterocycles. The Morgan fingerprint density at radius 2 is 1.66 bits per heavy atom. The molecule has 0 fully saturated rings. The molecule has 8 nitrogen and oxygen atoms in total. The van der Waals surface area contributed by atoms with Crippen molar-refractivity contribution in [1.82, 2.24) is 9.47 Å². The molecule has 0 bridgehead atoms. The third-order valence-corrected chi connectivity index (χ3v) is 5.62. The lowest BCUT2D eigenvalue weighted by Gasteiger charge is -2.37. The molecule has 1 aliphatic heterocycles. The maximum atomic E-state index is 13.4. The van der Waals surface area contributed by atoms with Crippen molar-refractivity contribution in [2.75, 3.05) is 40.3 Å². The van der Waals surface area contributed by atoms with E-state index in [-0.39, 0.29) is 12.1 Å². The van der Waals surface area contributed by atoms with E-state index in [4.69, 9.17) is 18.9 Å². The molecule has 2 aromatic carbocycles. The van der Waals surface area contributed by atoms with Crippen LogP contribution in [-0.2, 0) is 6.54 Å². The number of urea groups is 1. The Hall–Kier alpha value is -3.81. The minimum atomic E-state index is -0.335. The van der Waals surface area contributed by atoms with Gasteiger partial charge in [-0.05, 0) is 42.0 Å². The molecule has 0 radical (unpaired) electrons. The summed E-state index contributed by atoms with van der Waals surface area (Å²) in [5.41, 5.74) is 2.53. The lowest BCUT2D eigenvalue weighted by atomic mass is 9.99. The van der Waals surface area contributed by atoms with Gasteiger partial charge in [-0.25, -0.2) is 4.79 Å². The normalized spacial score (nSPS) is 15.0. The van der Waals surface area contributed by atoms with Crippen LogP contribution in [0.2, 0.25) is 0 Å². The number of amides is 2. The number of nitrogens with zero attached hydrogens (tertiary/aromatic N) is 2. The second-order valence-electron chi connectivity index (χ2n) is 7.34. The SMILES string of the molecule is COc1cccc(NC(=O)N2CCn3cccc3C2c2cc(OC)c(OC)c(OC)c2)c1. The molecule has 8 heteroatoms. The zero-order valence-electron chi connectivity index (χ0n) is 18.6. The topological polar surface area (TPSA) is 74.2 Å². The van der Waals surface area contributed by atoms with Crippen LogP contribution in [0.3, 0.4) is 0 Å². The lowest BCUT2D eigenvalue weighted by molar-refractivity contribution is 0.181. The Labute approximate surface area is 187 Å². The van der Waals surface area contributed by atoms with Crippen molar-refractivity contribution in [3.63, 3.8) is 0 Å². The average molecular weight is 437 g/mol. The van der Waals surface area contributed by atoms with Gasteiger partial charge in [0.15, 0.2) is 11.5 Å². The van der Waals surface area contributed by atoms with Crippen LogP contribution in [0.1, 0.15) is 17.3 Å². The molecular formula is C24H27N3O5. The average Bonchev–Trinajstić information content (AvgIpc) is 3.31. The van der Waals surface area contributed by atoms with Gasteiger partial charge in [-0.2, -0.15) is 0 Å². The fourth-order valence-electron chi connectivity index (χ4n) is 4.11. The van der Waals surface area contributed by atoms with Crippen molar-refractivity contribution < 1.29 is 23.7 Å². The van der Waals surface area contributed by atoms with E-state index < -0.39 is 0 Å². The van der Waals surface area contributed by atoms with Crippen LogP contribution in [0.4, 0.5) is 10.5 Å². The Kier molecular flexibility index (Phi) is 6.11. The summed E-state index contributed by atoms with van der Waals surface area (Å²) < 4.78 is 24.0. The van der Waals surface area contributed by atoms with Gasteiger partial charge in [-0.1, -0.05) is 6.07 Å². The van der Waals surface area contributed by atoms with E-state index in [9.17, 15) is 4.79 Å². The number of rotatable bonds is 6. The van der Waals surface area contributed by atoms with E-state index in [0.29, 0.717) is 41.8 Å². The lowest BCUT2D eigenvalue weighted by Crippen LogP contribution is -2.44. The summed E-state index contributed by atoms with van der Waals surface area (Å²) in [6.07, 6.45) is 2.03. The number of methoxy groups -OCH3 is 4. The van der Waals surface area contributed by atoms with Crippen molar-refractivity contribution in [2.24, 2.45) is 0 Å². The first-order valence-corrected chi connectivity index (χ1v) is 10.3. The highest BCUT2D eigenvalue weighted by molar-refractivity contribution is 5.90. The number of hydrogen-bond donors (Lipinski definition) is 1. The minimum Gasteiger partial charge on any atom is -0.497 e. The zero-order chi connectivity index (χ0) is 22.7. The molecule has 0 saturated carbocycles. The van der Waals surface area contributed by atoms with Crippen molar-refractivity contribution >= 4 is 11.7 Å². The van der Waals surface area contributed by atoms with Gasteiger partial charge < -0.3 is 33.7 Å². The van der Waals surface area contributed by atoms with Crippen molar-refractivity contribution in [2.45, 2.75) is 12.6 Å². The molecule has 0 aliphatic carbocycles. The second kappa shape index (κ2) is 9.13. The van der Waals surface area contributed by atoms with Crippen LogP contribution >= 0.6 is 0 Å². The van der Waals surface area contributed by atoms with Crippen LogP contribution in [0.5, 0.6) is 23.0 Å². The number of ether oxygens (including phenoxy) is 4. The summed E-state index contributed by atoms with van der Waals surface area (Å²) in [5.74, 6) is 2.27. The molecular weight excluding hydrogens is 410 g/mol. The van der Waals surface area contributed by atoms with Gasteiger partial charge in [0.25, 0.3) is 0 Å². The number of benzene rings is 2. The van der Waals surface area contributed by atoms with E-state index >= 15 is 0 Å². The number of fused-ring (bicyclic) bond motifs is 1. The number of anilines is 1. The van der Waals surface area contributed by atoms with E-state index in [2.05, 4.69) is 9.88 Å². The van der Waals surface area contributed by atoms with Gasteiger partial charge in [-0.15, -0.1) is 0 Å². The summed E-state index contributed by atoms with van der Waals surface area (Å²) in [4.78, 5) is 15.2. The molecule has 1 N–H and O–H groups in total. The van der Waals surface area contributed by atoms with Gasteiger partial charge in [-0.3, -0.25) is 0 Å². The third kappa shape index (κ3) is 3.91. The van der Waals surface area contributed by atoms with Crippen LogP contribution in [0, 0.1) is 0 Å². The molecule has 1 atom stereocenters. The van der Waals surface area contributed by atoms with Gasteiger partial charge in [0.1, 0.15) is 5.75 Å². The smallest absolute Gasteiger partial charge is 0.322 e. The molecule has 0 spiro atoms. The first kappa shape index (κ1) is 21.4. The molecule has 1 unspecified atom stereocenters. The number of aromatic nitrogens is 1. The first-order chi connectivity index (χ1) is 15.6. The van der Waals surface area contributed by atoms with Gasteiger partial charge in [0, 0.05) is 36.7 Å².